The molecule has 3 saturated carbocycles. The molecule has 4 aliphatic rings. The van der Waals surface area contributed by atoms with E-state index in [-0.39, 0.29) is 29.3 Å². The van der Waals surface area contributed by atoms with Gasteiger partial charge in [-0.05, 0) is 82.5 Å². The summed E-state index contributed by atoms with van der Waals surface area (Å²) in [4.78, 5) is 30.1. The smallest absolute Gasteiger partial charge is 0.223 e. The first-order valence-electron chi connectivity index (χ1n) is 12.9. The van der Waals surface area contributed by atoms with Crippen molar-refractivity contribution in [3.05, 3.63) is 0 Å². The molecule has 4 fully saturated rings. The van der Waals surface area contributed by atoms with Crippen molar-refractivity contribution in [3.63, 3.8) is 0 Å². The van der Waals surface area contributed by atoms with E-state index in [0.29, 0.717) is 36.6 Å². The maximum absolute atomic E-state index is 13.4. The Bertz CT molecular complexity index is 799. The molecular weight excluding hydrogens is 424 g/mol. The van der Waals surface area contributed by atoms with Gasteiger partial charge in [0.15, 0.2) is 0 Å². The van der Waals surface area contributed by atoms with Crippen LogP contribution in [-0.4, -0.2) is 66.2 Å². The zero-order valence-electron chi connectivity index (χ0n) is 20.2. The van der Waals surface area contributed by atoms with Crippen molar-refractivity contribution in [1.29, 1.82) is 0 Å². The minimum atomic E-state index is -2.95. The summed E-state index contributed by atoms with van der Waals surface area (Å²) in [7, 11) is -2.95. The number of hydrogen-bond donors (Lipinski definition) is 0. The van der Waals surface area contributed by atoms with E-state index in [1.807, 2.05) is 0 Å². The molecular formula is C25H42N2O4S. The highest BCUT2D eigenvalue weighted by atomic mass is 32.2. The molecule has 0 aromatic rings. The predicted molar refractivity (Wildman–Crippen MR) is 126 cm³/mol. The van der Waals surface area contributed by atoms with Gasteiger partial charge in [0.25, 0.3) is 0 Å². The third-order valence-electron chi connectivity index (χ3n) is 9.13. The Hall–Kier alpha value is -1.11. The maximum Gasteiger partial charge on any atom is 0.223 e. The summed E-state index contributed by atoms with van der Waals surface area (Å²) in [6.45, 7) is 4.41. The Morgan fingerprint density at radius 3 is 2.09 bits per heavy atom. The Kier molecular flexibility index (Phi) is 7.23. The van der Waals surface area contributed by atoms with Gasteiger partial charge in [0.1, 0.15) is 9.84 Å². The van der Waals surface area contributed by atoms with E-state index < -0.39 is 9.84 Å². The zero-order chi connectivity index (χ0) is 23.0. The fourth-order valence-electron chi connectivity index (χ4n) is 7.48. The quantitative estimate of drug-likeness (QED) is 0.632. The van der Waals surface area contributed by atoms with E-state index >= 15 is 0 Å². The minimum absolute atomic E-state index is 0.0722. The number of sulfone groups is 1. The van der Waals surface area contributed by atoms with E-state index in [1.165, 1.54) is 31.9 Å². The summed E-state index contributed by atoms with van der Waals surface area (Å²) in [6.07, 6.45) is 13.4. The van der Waals surface area contributed by atoms with Crippen molar-refractivity contribution < 1.29 is 18.0 Å². The molecule has 4 atom stereocenters. The topological polar surface area (TPSA) is 74.8 Å². The van der Waals surface area contributed by atoms with Crippen LogP contribution in [-0.2, 0) is 19.4 Å². The van der Waals surface area contributed by atoms with E-state index in [4.69, 9.17) is 0 Å². The highest BCUT2D eigenvalue weighted by molar-refractivity contribution is 7.91. The van der Waals surface area contributed by atoms with Crippen LogP contribution in [0.2, 0.25) is 0 Å². The Morgan fingerprint density at radius 1 is 0.875 bits per heavy atom. The summed E-state index contributed by atoms with van der Waals surface area (Å²) in [5.41, 5.74) is 0. The first-order chi connectivity index (χ1) is 15.1. The van der Waals surface area contributed by atoms with Crippen LogP contribution in [0.1, 0.15) is 90.9 Å². The normalized spacial score (nSPS) is 36.7. The number of hydrogen-bond acceptors (Lipinski definition) is 4. The van der Waals surface area contributed by atoms with Crippen LogP contribution in [0.15, 0.2) is 0 Å². The molecule has 1 saturated heterocycles. The Balaban J connectivity index is 1.47. The van der Waals surface area contributed by atoms with Crippen molar-refractivity contribution in [2.45, 2.75) is 114 Å². The van der Waals surface area contributed by atoms with Gasteiger partial charge in [-0.15, -0.1) is 0 Å². The highest BCUT2D eigenvalue weighted by Gasteiger charge is 2.47. The number of piperazine rings is 1. The van der Waals surface area contributed by atoms with Gasteiger partial charge in [0, 0.05) is 32.2 Å². The van der Waals surface area contributed by atoms with Crippen LogP contribution in [0.25, 0.3) is 0 Å². The number of nitrogens with zero attached hydrogens (tertiary/aromatic N) is 2. The first-order valence-corrected chi connectivity index (χ1v) is 14.9. The summed E-state index contributed by atoms with van der Waals surface area (Å²) in [5, 5.41) is -0.177. The average Bonchev–Trinajstić information content (AvgIpc) is 3.25. The number of fused-ring (bicyclic) bond motifs is 1. The summed E-state index contributed by atoms with van der Waals surface area (Å²) in [5.74, 6) is 2.03. The van der Waals surface area contributed by atoms with Gasteiger partial charge in [0.05, 0.1) is 17.3 Å². The largest absolute Gasteiger partial charge is 0.336 e. The number of carbonyl (C=O) groups is 2. The minimum Gasteiger partial charge on any atom is -0.336 e. The second-order valence-corrected chi connectivity index (χ2v) is 13.6. The SMILES string of the molecule is CC(=O)N1C2CCC(C3CCC(S(C)(=O)=O)CC3)CC2N(C(=O)CC2CCCC2)C[C@@H]1C. The number of amides is 2. The summed E-state index contributed by atoms with van der Waals surface area (Å²) < 4.78 is 23.9. The summed E-state index contributed by atoms with van der Waals surface area (Å²) >= 11 is 0. The molecule has 0 radical (unpaired) electrons. The van der Waals surface area contributed by atoms with E-state index in [2.05, 4.69) is 16.7 Å². The van der Waals surface area contributed by atoms with Gasteiger partial charge in [-0.25, -0.2) is 8.42 Å². The molecule has 1 heterocycles. The number of carbonyl (C=O) groups excluding carboxylic acids is 2. The molecule has 1 aliphatic heterocycles. The molecule has 32 heavy (non-hydrogen) atoms. The molecule has 0 spiro atoms. The molecule has 182 valence electrons. The molecule has 0 bridgehead atoms. The van der Waals surface area contributed by atoms with Crippen molar-refractivity contribution in [3.8, 4) is 0 Å². The second-order valence-electron chi connectivity index (χ2n) is 11.3. The highest BCUT2D eigenvalue weighted by Crippen LogP contribution is 2.44. The fourth-order valence-corrected chi connectivity index (χ4v) is 8.61. The molecule has 0 N–H and O–H groups in total. The molecule has 3 aliphatic carbocycles. The Morgan fingerprint density at radius 2 is 1.50 bits per heavy atom. The van der Waals surface area contributed by atoms with Crippen LogP contribution in [0.3, 0.4) is 0 Å². The summed E-state index contributed by atoms with van der Waals surface area (Å²) in [6, 6.07) is 0.325. The first kappa shape index (κ1) is 24.0. The van der Waals surface area contributed by atoms with Crippen molar-refractivity contribution in [1.82, 2.24) is 9.80 Å². The van der Waals surface area contributed by atoms with E-state index in [9.17, 15) is 18.0 Å². The van der Waals surface area contributed by atoms with Crippen LogP contribution in [0.4, 0.5) is 0 Å². The Labute approximate surface area is 194 Å². The molecule has 4 rings (SSSR count). The van der Waals surface area contributed by atoms with Gasteiger partial charge in [-0.2, -0.15) is 0 Å². The van der Waals surface area contributed by atoms with E-state index in [0.717, 1.165) is 44.9 Å². The molecule has 7 heteroatoms. The van der Waals surface area contributed by atoms with Gasteiger partial charge >= 0.3 is 0 Å². The average molecular weight is 467 g/mol. The van der Waals surface area contributed by atoms with Crippen LogP contribution >= 0.6 is 0 Å². The lowest BCUT2D eigenvalue weighted by molar-refractivity contribution is -0.155. The van der Waals surface area contributed by atoms with Crippen LogP contribution < -0.4 is 0 Å². The molecule has 0 aromatic carbocycles. The standard InChI is InChI=1S/C25H42N2O4S/c1-17-16-26(25(29)14-19-6-4-5-7-19)24-15-21(10-13-23(24)27(17)18(2)28)20-8-11-22(12-9-20)32(3,30)31/h17,19-24H,4-16H2,1-3H3/t17-,20?,21?,22?,23?,24?/m0/s1. The molecule has 2 amide bonds. The van der Waals surface area contributed by atoms with Gasteiger partial charge < -0.3 is 9.80 Å². The number of rotatable bonds is 4. The lowest BCUT2D eigenvalue weighted by Gasteiger charge is -2.55. The second kappa shape index (κ2) is 9.63. The maximum atomic E-state index is 13.4. The van der Waals surface area contributed by atoms with Crippen molar-refractivity contribution >= 4 is 21.7 Å². The lowest BCUT2D eigenvalue weighted by atomic mass is 9.69. The fraction of sp³-hybridized carbons (Fsp3) is 0.920. The van der Waals surface area contributed by atoms with Gasteiger partial charge in [-0.3, -0.25) is 9.59 Å². The predicted octanol–water partition coefficient (Wildman–Crippen LogP) is 3.79. The third-order valence-corrected chi connectivity index (χ3v) is 10.8. The zero-order valence-corrected chi connectivity index (χ0v) is 21.0. The van der Waals surface area contributed by atoms with Gasteiger partial charge in [-0.1, -0.05) is 12.8 Å². The monoisotopic (exact) mass is 466 g/mol. The third kappa shape index (κ3) is 5.02. The molecule has 6 nitrogen and oxygen atoms in total. The van der Waals surface area contributed by atoms with Crippen LogP contribution in [0.5, 0.6) is 0 Å². The lowest BCUT2D eigenvalue weighted by Crippen LogP contribution is -2.67. The molecule has 0 aromatic heterocycles. The van der Waals surface area contributed by atoms with Crippen molar-refractivity contribution in [2.75, 3.05) is 12.8 Å². The van der Waals surface area contributed by atoms with Crippen molar-refractivity contribution in [2.24, 2.45) is 17.8 Å². The van der Waals surface area contributed by atoms with Gasteiger partial charge in [0.2, 0.25) is 11.8 Å². The van der Waals surface area contributed by atoms with E-state index in [1.54, 1.807) is 6.92 Å². The molecule has 3 unspecified atom stereocenters. The van der Waals surface area contributed by atoms with Crippen LogP contribution in [0, 0.1) is 17.8 Å².